The second kappa shape index (κ2) is 6.00. The van der Waals surface area contributed by atoms with Crippen LogP contribution in [0.4, 0.5) is 10.5 Å². The Bertz CT molecular complexity index is 518. The van der Waals surface area contributed by atoms with E-state index in [0.29, 0.717) is 0 Å². The number of nitrogens with one attached hydrogen (secondary N) is 1. The summed E-state index contributed by atoms with van der Waals surface area (Å²) in [5, 5.41) is 10.4. The third-order valence-corrected chi connectivity index (χ3v) is 1.94. The molecule has 1 aromatic carbocycles. The first-order valence-electron chi connectivity index (χ1n) is 5.63. The SMILES string of the molecule is CC(C)(C)OC(=O)NOC(=O)c1ccc([N+](=O)[O-])cc1. The summed E-state index contributed by atoms with van der Waals surface area (Å²) < 4.78 is 4.86. The van der Waals surface area contributed by atoms with E-state index in [1.807, 2.05) is 5.48 Å². The number of hydrogen-bond acceptors (Lipinski definition) is 6. The fourth-order valence-corrected chi connectivity index (χ4v) is 1.17. The van der Waals surface area contributed by atoms with Crippen molar-refractivity contribution in [3.63, 3.8) is 0 Å². The molecule has 1 amide bonds. The van der Waals surface area contributed by atoms with Gasteiger partial charge in [0.1, 0.15) is 5.60 Å². The molecule has 108 valence electrons. The summed E-state index contributed by atoms with van der Waals surface area (Å²) in [7, 11) is 0. The van der Waals surface area contributed by atoms with Gasteiger partial charge < -0.3 is 9.57 Å². The summed E-state index contributed by atoms with van der Waals surface area (Å²) in [6, 6.07) is 4.75. The molecule has 0 heterocycles. The highest BCUT2D eigenvalue weighted by Crippen LogP contribution is 2.12. The third-order valence-electron chi connectivity index (χ3n) is 1.94. The van der Waals surface area contributed by atoms with Crippen molar-refractivity contribution in [2.45, 2.75) is 26.4 Å². The van der Waals surface area contributed by atoms with Gasteiger partial charge in [-0.15, -0.1) is 5.48 Å². The molecule has 1 aromatic rings. The highest BCUT2D eigenvalue weighted by Gasteiger charge is 2.18. The van der Waals surface area contributed by atoms with Crippen molar-refractivity contribution in [3.05, 3.63) is 39.9 Å². The summed E-state index contributed by atoms with van der Waals surface area (Å²) in [5.41, 5.74) is 1.02. The van der Waals surface area contributed by atoms with Crippen LogP contribution in [0.3, 0.4) is 0 Å². The maximum Gasteiger partial charge on any atom is 0.441 e. The number of carbonyl (C=O) groups excluding carboxylic acids is 2. The smallest absolute Gasteiger partial charge is 0.441 e. The molecule has 8 heteroatoms. The second-order valence-electron chi connectivity index (χ2n) is 4.80. The molecule has 0 bridgehead atoms. The minimum absolute atomic E-state index is 0.0617. The van der Waals surface area contributed by atoms with E-state index in [4.69, 9.17) is 4.74 Å². The van der Waals surface area contributed by atoms with Gasteiger partial charge in [0.25, 0.3) is 5.69 Å². The Morgan fingerprint density at radius 2 is 1.75 bits per heavy atom. The first-order chi connectivity index (χ1) is 9.19. The molecule has 1 rings (SSSR count). The van der Waals surface area contributed by atoms with E-state index in [0.717, 1.165) is 12.1 Å². The van der Waals surface area contributed by atoms with Crippen LogP contribution in [0, 0.1) is 10.1 Å². The quantitative estimate of drug-likeness (QED) is 0.658. The highest BCUT2D eigenvalue weighted by molar-refractivity contribution is 5.90. The van der Waals surface area contributed by atoms with E-state index in [1.165, 1.54) is 12.1 Å². The first kappa shape index (κ1) is 15.4. The lowest BCUT2D eigenvalue weighted by Crippen LogP contribution is -2.34. The van der Waals surface area contributed by atoms with Crippen LogP contribution in [0.5, 0.6) is 0 Å². The average Bonchev–Trinajstić information content (AvgIpc) is 2.34. The molecule has 0 atom stereocenters. The zero-order chi connectivity index (χ0) is 15.3. The summed E-state index contributed by atoms with van der Waals surface area (Å²) in [6.07, 6.45) is -0.909. The average molecular weight is 282 g/mol. The molecule has 0 spiro atoms. The molecule has 20 heavy (non-hydrogen) atoms. The van der Waals surface area contributed by atoms with Crippen molar-refractivity contribution in [3.8, 4) is 0 Å². The van der Waals surface area contributed by atoms with Crippen LogP contribution in [-0.4, -0.2) is 22.6 Å². The summed E-state index contributed by atoms with van der Waals surface area (Å²) in [4.78, 5) is 37.1. The molecule has 0 aliphatic carbocycles. The van der Waals surface area contributed by atoms with Crippen molar-refractivity contribution in [2.24, 2.45) is 0 Å². The van der Waals surface area contributed by atoms with Crippen LogP contribution in [0.25, 0.3) is 0 Å². The van der Waals surface area contributed by atoms with Crippen LogP contribution in [0.1, 0.15) is 31.1 Å². The molecule has 0 aliphatic rings. The minimum atomic E-state index is -0.909. The zero-order valence-electron chi connectivity index (χ0n) is 11.2. The first-order valence-corrected chi connectivity index (χ1v) is 5.63. The van der Waals surface area contributed by atoms with Crippen molar-refractivity contribution in [1.82, 2.24) is 5.48 Å². The van der Waals surface area contributed by atoms with Gasteiger partial charge in [0, 0.05) is 12.1 Å². The number of rotatable bonds is 2. The van der Waals surface area contributed by atoms with Crippen LogP contribution in [-0.2, 0) is 9.57 Å². The summed E-state index contributed by atoms with van der Waals surface area (Å²) >= 11 is 0. The predicted molar refractivity (Wildman–Crippen MR) is 67.9 cm³/mol. The Morgan fingerprint density at radius 1 is 1.20 bits per heavy atom. The van der Waals surface area contributed by atoms with Crippen molar-refractivity contribution >= 4 is 17.7 Å². The van der Waals surface area contributed by atoms with Gasteiger partial charge in [-0.2, -0.15) is 0 Å². The molecule has 0 aromatic heterocycles. The van der Waals surface area contributed by atoms with Crippen LogP contribution >= 0.6 is 0 Å². The molecule has 8 nitrogen and oxygen atoms in total. The zero-order valence-corrected chi connectivity index (χ0v) is 11.2. The van der Waals surface area contributed by atoms with E-state index in [2.05, 4.69) is 4.84 Å². The van der Waals surface area contributed by atoms with Crippen LogP contribution in [0.2, 0.25) is 0 Å². The number of carbonyl (C=O) groups is 2. The highest BCUT2D eigenvalue weighted by atomic mass is 16.7. The Kier molecular flexibility index (Phi) is 4.63. The number of amides is 1. The maximum absolute atomic E-state index is 11.5. The lowest BCUT2D eigenvalue weighted by Gasteiger charge is -2.19. The summed E-state index contributed by atoms with van der Waals surface area (Å²) in [6.45, 7) is 4.97. The van der Waals surface area contributed by atoms with Crippen LogP contribution < -0.4 is 5.48 Å². The molecular weight excluding hydrogens is 268 g/mol. The summed E-state index contributed by atoms with van der Waals surface area (Å²) in [5.74, 6) is -0.856. The van der Waals surface area contributed by atoms with Crippen LogP contribution in [0.15, 0.2) is 24.3 Å². The largest absolute Gasteiger partial charge is 0.442 e. The fourth-order valence-electron chi connectivity index (χ4n) is 1.17. The number of nitrogens with zero attached hydrogens (tertiary/aromatic N) is 1. The number of non-ortho nitro benzene ring substituents is 1. The molecular formula is C12H14N2O6. The topological polar surface area (TPSA) is 108 Å². The van der Waals surface area contributed by atoms with Gasteiger partial charge in [-0.05, 0) is 32.9 Å². The third kappa shape index (κ3) is 4.92. The molecule has 1 N–H and O–H groups in total. The number of hydroxylamine groups is 1. The van der Waals surface area contributed by atoms with Crippen molar-refractivity contribution in [2.75, 3.05) is 0 Å². The number of hydrogen-bond donors (Lipinski definition) is 1. The molecule has 0 saturated heterocycles. The number of nitro benzene ring substituents is 1. The van der Waals surface area contributed by atoms with E-state index >= 15 is 0 Å². The van der Waals surface area contributed by atoms with Gasteiger partial charge >= 0.3 is 12.1 Å². The lowest BCUT2D eigenvalue weighted by molar-refractivity contribution is -0.384. The van der Waals surface area contributed by atoms with E-state index in [1.54, 1.807) is 20.8 Å². The molecule has 0 fully saturated rings. The maximum atomic E-state index is 11.5. The van der Waals surface area contributed by atoms with E-state index in [9.17, 15) is 19.7 Å². The van der Waals surface area contributed by atoms with Gasteiger partial charge in [0.05, 0.1) is 10.5 Å². The van der Waals surface area contributed by atoms with Gasteiger partial charge in [-0.25, -0.2) is 9.59 Å². The predicted octanol–water partition coefficient (Wildman–Crippen LogP) is 2.19. The Hall–Kier alpha value is -2.64. The number of benzene rings is 1. The minimum Gasteiger partial charge on any atom is -0.442 e. The van der Waals surface area contributed by atoms with Gasteiger partial charge in [-0.3, -0.25) is 10.1 Å². The number of nitro groups is 1. The van der Waals surface area contributed by atoms with E-state index < -0.39 is 22.6 Å². The van der Waals surface area contributed by atoms with E-state index in [-0.39, 0.29) is 11.3 Å². The molecule has 0 aliphatic heterocycles. The second-order valence-corrected chi connectivity index (χ2v) is 4.80. The lowest BCUT2D eigenvalue weighted by atomic mass is 10.2. The Morgan fingerprint density at radius 3 is 2.20 bits per heavy atom. The van der Waals surface area contributed by atoms with Gasteiger partial charge in [-0.1, -0.05) is 0 Å². The van der Waals surface area contributed by atoms with Crippen molar-refractivity contribution < 1.29 is 24.1 Å². The number of ether oxygens (including phenoxy) is 1. The van der Waals surface area contributed by atoms with Gasteiger partial charge in [0.2, 0.25) is 0 Å². The molecule has 0 saturated carbocycles. The Labute approximate surface area is 114 Å². The monoisotopic (exact) mass is 282 g/mol. The molecule has 0 unspecified atom stereocenters. The normalized spacial score (nSPS) is 10.6. The van der Waals surface area contributed by atoms with Crippen molar-refractivity contribution in [1.29, 1.82) is 0 Å². The van der Waals surface area contributed by atoms with Gasteiger partial charge in [0.15, 0.2) is 0 Å². The standard InChI is InChI=1S/C12H14N2O6/c1-12(2,3)19-11(16)13-20-10(15)8-4-6-9(7-5-8)14(17)18/h4-7H,1-3H3,(H,13,16). The Balaban J connectivity index is 2.55. The molecule has 0 radical (unpaired) electrons. The fraction of sp³-hybridized carbons (Fsp3) is 0.333.